The van der Waals surface area contributed by atoms with Crippen LogP contribution in [0.2, 0.25) is 0 Å². The minimum Gasteiger partial charge on any atom is -0.319 e. The first-order valence-corrected chi connectivity index (χ1v) is 6.27. The number of hydrogen-bond donors (Lipinski definition) is 1. The van der Waals surface area contributed by atoms with Crippen molar-refractivity contribution in [3.8, 4) is 0 Å². The Balaban J connectivity index is 2.25. The van der Waals surface area contributed by atoms with Crippen LogP contribution in [0.15, 0.2) is 18.2 Å². The van der Waals surface area contributed by atoms with Crippen LogP contribution in [0.1, 0.15) is 24.0 Å². The van der Waals surface area contributed by atoms with E-state index in [2.05, 4.69) is 30.4 Å². The minimum absolute atomic E-state index is 0.231. The van der Waals surface area contributed by atoms with Crippen LogP contribution in [0, 0.1) is 6.92 Å². The molecule has 17 heavy (non-hydrogen) atoms. The van der Waals surface area contributed by atoms with Gasteiger partial charge in [-0.2, -0.15) is 0 Å². The number of carbonyl (C=O) groups excluding carboxylic acids is 1. The van der Waals surface area contributed by atoms with Gasteiger partial charge < -0.3 is 10.2 Å². The first kappa shape index (κ1) is 12.1. The van der Waals surface area contributed by atoms with Crippen LogP contribution < -0.4 is 10.2 Å². The molecule has 0 atom stereocenters. The zero-order chi connectivity index (χ0) is 12.3. The standard InChI is InChI=1S/C14H20N2O/c1-11-5-3-6-12-7-4-10-16(14(11)12)13(17)8-9-15-2/h3,5-6,15H,4,7-10H2,1-2H3. The predicted molar refractivity (Wildman–Crippen MR) is 70.4 cm³/mol. The van der Waals surface area contributed by atoms with Crippen LogP contribution in [0.3, 0.4) is 0 Å². The Morgan fingerprint density at radius 2 is 2.29 bits per heavy atom. The highest BCUT2D eigenvalue weighted by Gasteiger charge is 2.23. The molecule has 3 nitrogen and oxygen atoms in total. The van der Waals surface area contributed by atoms with E-state index in [4.69, 9.17) is 0 Å². The zero-order valence-corrected chi connectivity index (χ0v) is 10.6. The molecule has 3 heteroatoms. The Bertz CT molecular complexity index is 415. The number of anilines is 1. The summed E-state index contributed by atoms with van der Waals surface area (Å²) in [4.78, 5) is 14.1. The molecule has 0 aliphatic carbocycles. The van der Waals surface area contributed by atoms with Gasteiger partial charge >= 0.3 is 0 Å². The first-order chi connectivity index (χ1) is 8.24. The zero-order valence-electron chi connectivity index (χ0n) is 10.6. The van der Waals surface area contributed by atoms with Crippen LogP contribution in [-0.2, 0) is 11.2 Å². The van der Waals surface area contributed by atoms with Gasteiger partial charge in [0.25, 0.3) is 0 Å². The fourth-order valence-corrected chi connectivity index (χ4v) is 2.46. The lowest BCUT2D eigenvalue weighted by molar-refractivity contribution is -0.118. The van der Waals surface area contributed by atoms with Gasteiger partial charge in [0.05, 0.1) is 0 Å². The number of hydrogen-bond acceptors (Lipinski definition) is 2. The lowest BCUT2D eigenvalue weighted by Gasteiger charge is -2.31. The Morgan fingerprint density at radius 3 is 3.06 bits per heavy atom. The van der Waals surface area contributed by atoms with Gasteiger partial charge in [-0.3, -0.25) is 4.79 Å². The van der Waals surface area contributed by atoms with Crippen LogP contribution in [0.4, 0.5) is 5.69 Å². The number of benzene rings is 1. The number of nitrogens with zero attached hydrogens (tertiary/aromatic N) is 1. The Kier molecular flexibility index (Phi) is 3.79. The second-order valence-electron chi connectivity index (χ2n) is 4.59. The summed E-state index contributed by atoms with van der Waals surface area (Å²) in [7, 11) is 1.88. The average Bonchev–Trinajstić information content (AvgIpc) is 2.35. The molecular weight excluding hydrogens is 212 g/mol. The average molecular weight is 232 g/mol. The van der Waals surface area contributed by atoms with E-state index in [-0.39, 0.29) is 5.91 Å². The second kappa shape index (κ2) is 5.32. The van der Waals surface area contributed by atoms with E-state index < -0.39 is 0 Å². The van der Waals surface area contributed by atoms with Crippen molar-refractivity contribution >= 4 is 11.6 Å². The van der Waals surface area contributed by atoms with Crippen molar-refractivity contribution in [1.29, 1.82) is 0 Å². The molecule has 92 valence electrons. The van der Waals surface area contributed by atoms with E-state index >= 15 is 0 Å². The van der Waals surface area contributed by atoms with E-state index in [0.717, 1.165) is 31.6 Å². The van der Waals surface area contributed by atoms with E-state index in [1.165, 1.54) is 11.1 Å². The Morgan fingerprint density at radius 1 is 1.47 bits per heavy atom. The highest BCUT2D eigenvalue weighted by atomic mass is 16.2. The van der Waals surface area contributed by atoms with Crippen LogP contribution in [-0.4, -0.2) is 26.0 Å². The summed E-state index contributed by atoms with van der Waals surface area (Å²) in [6.45, 7) is 3.69. The molecule has 0 bridgehead atoms. The van der Waals surface area contributed by atoms with Crippen molar-refractivity contribution in [2.75, 3.05) is 25.0 Å². The van der Waals surface area contributed by atoms with E-state index in [1.54, 1.807) is 0 Å². The molecule has 1 aromatic rings. The maximum Gasteiger partial charge on any atom is 0.228 e. The third-order valence-electron chi connectivity index (χ3n) is 3.31. The molecule has 1 aliphatic rings. The molecule has 1 aliphatic heterocycles. The maximum atomic E-state index is 12.2. The fraction of sp³-hybridized carbons (Fsp3) is 0.500. The molecule has 0 radical (unpaired) electrons. The van der Waals surface area contributed by atoms with Gasteiger partial charge in [-0.25, -0.2) is 0 Å². The molecule has 2 rings (SSSR count). The molecule has 0 fully saturated rings. The molecule has 0 unspecified atom stereocenters. The fourth-order valence-electron chi connectivity index (χ4n) is 2.46. The SMILES string of the molecule is CNCCC(=O)N1CCCc2cccc(C)c21. The highest BCUT2D eigenvalue weighted by molar-refractivity contribution is 5.95. The largest absolute Gasteiger partial charge is 0.319 e. The number of carbonyl (C=O) groups is 1. The van der Waals surface area contributed by atoms with Gasteiger partial charge in [0.2, 0.25) is 5.91 Å². The van der Waals surface area contributed by atoms with Crippen molar-refractivity contribution < 1.29 is 4.79 Å². The number of aryl methyl sites for hydroxylation is 2. The summed E-state index contributed by atoms with van der Waals surface area (Å²) in [5, 5.41) is 3.03. The molecule has 1 N–H and O–H groups in total. The van der Waals surface area contributed by atoms with E-state index in [1.807, 2.05) is 11.9 Å². The second-order valence-corrected chi connectivity index (χ2v) is 4.59. The summed E-state index contributed by atoms with van der Waals surface area (Å²) >= 11 is 0. The normalized spacial score (nSPS) is 14.6. The van der Waals surface area contributed by atoms with E-state index in [0.29, 0.717) is 6.42 Å². The van der Waals surface area contributed by atoms with Crippen LogP contribution in [0.5, 0.6) is 0 Å². The molecule has 0 spiro atoms. The molecule has 1 heterocycles. The lowest BCUT2D eigenvalue weighted by atomic mass is 9.98. The van der Waals surface area contributed by atoms with Crippen molar-refractivity contribution in [2.45, 2.75) is 26.2 Å². The highest BCUT2D eigenvalue weighted by Crippen LogP contribution is 2.30. The summed E-state index contributed by atoms with van der Waals surface area (Å²) in [6, 6.07) is 6.30. The molecule has 0 saturated carbocycles. The first-order valence-electron chi connectivity index (χ1n) is 6.27. The van der Waals surface area contributed by atoms with Crippen LogP contribution >= 0.6 is 0 Å². The number of amides is 1. The number of nitrogens with one attached hydrogen (secondary N) is 1. The van der Waals surface area contributed by atoms with Gasteiger partial charge in [0.1, 0.15) is 0 Å². The number of rotatable bonds is 3. The molecule has 0 saturated heterocycles. The minimum atomic E-state index is 0.231. The number of para-hydroxylation sites is 1. The molecule has 0 aromatic heterocycles. The topological polar surface area (TPSA) is 32.3 Å². The molecular formula is C14H20N2O. The smallest absolute Gasteiger partial charge is 0.228 e. The molecule has 1 amide bonds. The van der Waals surface area contributed by atoms with Gasteiger partial charge in [0.15, 0.2) is 0 Å². The number of fused-ring (bicyclic) bond motifs is 1. The summed E-state index contributed by atoms with van der Waals surface area (Å²) in [6.07, 6.45) is 2.73. The maximum absolute atomic E-state index is 12.2. The van der Waals surface area contributed by atoms with Gasteiger partial charge in [-0.1, -0.05) is 18.2 Å². The van der Waals surface area contributed by atoms with Crippen molar-refractivity contribution in [3.63, 3.8) is 0 Å². The van der Waals surface area contributed by atoms with Gasteiger partial charge in [-0.05, 0) is 37.9 Å². The monoisotopic (exact) mass is 232 g/mol. The van der Waals surface area contributed by atoms with Crippen molar-refractivity contribution in [1.82, 2.24) is 5.32 Å². The predicted octanol–water partition coefficient (Wildman–Crippen LogP) is 1.88. The lowest BCUT2D eigenvalue weighted by Crippen LogP contribution is -2.37. The van der Waals surface area contributed by atoms with Crippen LogP contribution in [0.25, 0.3) is 0 Å². The van der Waals surface area contributed by atoms with E-state index in [9.17, 15) is 4.79 Å². The Hall–Kier alpha value is -1.35. The van der Waals surface area contributed by atoms with Gasteiger partial charge in [-0.15, -0.1) is 0 Å². The summed E-state index contributed by atoms with van der Waals surface area (Å²) in [5.41, 5.74) is 3.67. The summed E-state index contributed by atoms with van der Waals surface area (Å²) < 4.78 is 0. The molecule has 1 aromatic carbocycles. The third-order valence-corrected chi connectivity index (χ3v) is 3.31. The summed E-state index contributed by atoms with van der Waals surface area (Å²) in [5.74, 6) is 0.231. The van der Waals surface area contributed by atoms with Gasteiger partial charge in [0, 0.05) is 25.2 Å². The quantitative estimate of drug-likeness (QED) is 0.863. The van der Waals surface area contributed by atoms with Crippen molar-refractivity contribution in [2.24, 2.45) is 0 Å². The Labute approximate surface area is 103 Å². The van der Waals surface area contributed by atoms with Crippen molar-refractivity contribution in [3.05, 3.63) is 29.3 Å². The third kappa shape index (κ3) is 2.50.